The molecule has 1 aromatic heterocycles. The second kappa shape index (κ2) is 4.02. The molecule has 1 aromatic carbocycles. The summed E-state index contributed by atoms with van der Waals surface area (Å²) in [7, 11) is 0. The molecule has 0 fully saturated rings. The second-order valence-corrected chi connectivity index (χ2v) is 3.45. The van der Waals surface area contributed by atoms with Crippen LogP contribution in [-0.2, 0) is 0 Å². The van der Waals surface area contributed by atoms with Gasteiger partial charge in [-0.1, -0.05) is 17.7 Å². The van der Waals surface area contributed by atoms with Crippen LogP contribution in [0.25, 0.3) is 0 Å². The first-order chi connectivity index (χ1) is 7.25. The first-order valence-corrected chi connectivity index (χ1v) is 4.84. The Morgan fingerprint density at radius 1 is 1.13 bits per heavy atom. The molecule has 0 radical (unpaired) electrons. The van der Waals surface area contributed by atoms with Crippen molar-refractivity contribution < 1.29 is 0 Å². The largest absolute Gasteiger partial charge is 0.262 e. The molecule has 0 saturated heterocycles. The lowest BCUT2D eigenvalue weighted by molar-refractivity contribution is 1.01. The van der Waals surface area contributed by atoms with Gasteiger partial charge < -0.3 is 0 Å². The van der Waals surface area contributed by atoms with Crippen molar-refractivity contribution in [1.82, 2.24) is 9.55 Å². The Kier molecular flexibility index (Phi) is 2.55. The van der Waals surface area contributed by atoms with Crippen LogP contribution in [0.2, 0.25) is 0 Å². The molecule has 2 aromatic rings. The summed E-state index contributed by atoms with van der Waals surface area (Å²) >= 11 is 0. The molecule has 0 atom stereocenters. The highest BCUT2D eigenvalue weighted by Gasteiger charge is 1.90. The van der Waals surface area contributed by atoms with E-state index in [4.69, 9.17) is 0 Å². The zero-order valence-electron chi connectivity index (χ0n) is 8.86. The summed E-state index contributed by atoms with van der Waals surface area (Å²) in [5.41, 5.74) is 2.27. The Morgan fingerprint density at radius 3 is 2.47 bits per heavy atom. The normalized spacial score (nSPS) is 9.47. The van der Waals surface area contributed by atoms with Crippen molar-refractivity contribution in [2.45, 2.75) is 13.8 Å². The van der Waals surface area contributed by atoms with E-state index in [1.165, 1.54) is 5.56 Å². The van der Waals surface area contributed by atoms with Crippen molar-refractivity contribution >= 4 is 0 Å². The van der Waals surface area contributed by atoms with Crippen molar-refractivity contribution in [3.05, 3.63) is 53.6 Å². The Morgan fingerprint density at radius 2 is 1.87 bits per heavy atom. The maximum Gasteiger partial charge on any atom is 0.117 e. The molecule has 0 saturated carbocycles. The van der Waals surface area contributed by atoms with Crippen LogP contribution in [0.3, 0.4) is 0 Å². The third kappa shape index (κ3) is 2.26. The zero-order chi connectivity index (χ0) is 10.7. The van der Waals surface area contributed by atoms with Crippen LogP contribution in [0.4, 0.5) is 0 Å². The number of nitrogens with zero attached hydrogens (tertiary/aromatic N) is 2. The highest BCUT2D eigenvalue weighted by Crippen LogP contribution is 2.01. The molecule has 0 amide bonds. The fourth-order valence-corrected chi connectivity index (χ4v) is 1.26. The van der Waals surface area contributed by atoms with Crippen LogP contribution in [0.1, 0.15) is 17.0 Å². The molecule has 0 N–H and O–H groups in total. The number of aromatic nitrogens is 2. The predicted molar refractivity (Wildman–Crippen MR) is 60.4 cm³/mol. The van der Waals surface area contributed by atoms with Gasteiger partial charge in [0.1, 0.15) is 5.82 Å². The van der Waals surface area contributed by atoms with Gasteiger partial charge in [-0.2, -0.15) is 0 Å². The van der Waals surface area contributed by atoms with Gasteiger partial charge in [-0.15, -0.1) is 0 Å². The van der Waals surface area contributed by atoms with E-state index in [-0.39, 0.29) is 0 Å². The molecule has 0 unspecified atom stereocenters. The van der Waals surface area contributed by atoms with Gasteiger partial charge >= 0.3 is 0 Å². The van der Waals surface area contributed by atoms with Crippen molar-refractivity contribution in [3.63, 3.8) is 0 Å². The van der Waals surface area contributed by atoms with Gasteiger partial charge in [0.15, 0.2) is 0 Å². The fourth-order valence-electron chi connectivity index (χ4n) is 1.26. The molecule has 15 heavy (non-hydrogen) atoms. The molecule has 0 aliphatic heterocycles. The summed E-state index contributed by atoms with van der Waals surface area (Å²) in [6, 6.07) is 11.2. The highest BCUT2D eigenvalue weighted by atomic mass is 15.0. The van der Waals surface area contributed by atoms with Gasteiger partial charge in [0, 0.05) is 24.0 Å². The summed E-state index contributed by atoms with van der Waals surface area (Å²) < 4.78 is 1.82. The monoisotopic (exact) mass is 196 g/mol. The molecule has 2 nitrogen and oxygen atoms in total. The average molecular weight is 196 g/mol. The SMILES string of the molecule is Cc1ccc(C#Cn2ccnc2C)cc1. The molecule has 2 rings (SSSR count). The van der Waals surface area contributed by atoms with E-state index in [1.807, 2.05) is 29.8 Å². The van der Waals surface area contributed by atoms with Crippen molar-refractivity contribution in [3.8, 4) is 12.0 Å². The molecule has 2 heteroatoms. The maximum absolute atomic E-state index is 4.10. The summed E-state index contributed by atoms with van der Waals surface area (Å²) in [4.78, 5) is 4.10. The average Bonchev–Trinajstić information content (AvgIpc) is 2.63. The molecule has 0 spiro atoms. The van der Waals surface area contributed by atoms with Crippen LogP contribution in [0.15, 0.2) is 36.7 Å². The number of benzene rings is 1. The van der Waals surface area contributed by atoms with Crippen molar-refractivity contribution in [1.29, 1.82) is 0 Å². The van der Waals surface area contributed by atoms with E-state index in [2.05, 4.69) is 36.0 Å². The smallest absolute Gasteiger partial charge is 0.117 e. The quantitative estimate of drug-likeness (QED) is 0.591. The van der Waals surface area contributed by atoms with Crippen molar-refractivity contribution in [2.75, 3.05) is 0 Å². The van der Waals surface area contributed by atoms with Crippen LogP contribution < -0.4 is 0 Å². The minimum Gasteiger partial charge on any atom is -0.262 e. The third-order valence-electron chi connectivity index (χ3n) is 2.20. The van der Waals surface area contributed by atoms with Gasteiger partial charge in [-0.3, -0.25) is 4.57 Å². The van der Waals surface area contributed by atoms with Gasteiger partial charge in [-0.25, -0.2) is 4.98 Å². The summed E-state index contributed by atoms with van der Waals surface area (Å²) in [5, 5.41) is 0. The first-order valence-electron chi connectivity index (χ1n) is 4.84. The van der Waals surface area contributed by atoms with E-state index in [0.717, 1.165) is 11.4 Å². The van der Waals surface area contributed by atoms with Crippen molar-refractivity contribution in [2.24, 2.45) is 0 Å². The third-order valence-corrected chi connectivity index (χ3v) is 2.20. The lowest BCUT2D eigenvalue weighted by Crippen LogP contribution is -1.89. The summed E-state index contributed by atoms with van der Waals surface area (Å²) in [6.45, 7) is 4.00. The van der Waals surface area contributed by atoms with Gasteiger partial charge in [0.05, 0.1) is 0 Å². The minimum atomic E-state index is 0.912. The number of aryl methyl sites for hydroxylation is 2. The standard InChI is InChI=1S/C13H12N2/c1-11-3-5-13(6-4-11)7-9-15-10-8-14-12(15)2/h3-6,8,10H,1-2H3. The van der Waals surface area contributed by atoms with Gasteiger partial charge in [0.2, 0.25) is 0 Å². The molecular formula is C13H12N2. The van der Waals surface area contributed by atoms with E-state index >= 15 is 0 Å². The highest BCUT2D eigenvalue weighted by molar-refractivity contribution is 5.36. The Bertz CT molecular complexity index is 509. The van der Waals surface area contributed by atoms with E-state index in [1.54, 1.807) is 6.20 Å². The van der Waals surface area contributed by atoms with Crippen LogP contribution >= 0.6 is 0 Å². The molecule has 74 valence electrons. The molecule has 0 aliphatic carbocycles. The van der Waals surface area contributed by atoms with E-state index in [0.29, 0.717) is 0 Å². The number of hydrogen-bond donors (Lipinski definition) is 0. The zero-order valence-corrected chi connectivity index (χ0v) is 8.86. The van der Waals surface area contributed by atoms with E-state index < -0.39 is 0 Å². The number of imidazole rings is 1. The van der Waals surface area contributed by atoms with Crippen LogP contribution in [0.5, 0.6) is 0 Å². The molecular weight excluding hydrogens is 184 g/mol. The fraction of sp³-hybridized carbons (Fsp3) is 0.154. The Hall–Kier alpha value is -2.01. The molecule has 0 bridgehead atoms. The Labute approximate surface area is 89.6 Å². The molecule has 1 heterocycles. The summed E-state index contributed by atoms with van der Waals surface area (Å²) in [5.74, 6) is 4.00. The second-order valence-electron chi connectivity index (χ2n) is 3.45. The topological polar surface area (TPSA) is 17.8 Å². The lowest BCUT2D eigenvalue weighted by Gasteiger charge is -1.93. The first kappa shape index (κ1) is 9.54. The number of rotatable bonds is 0. The summed E-state index contributed by atoms with van der Waals surface area (Å²) in [6.07, 6.45) is 3.61. The predicted octanol–water partition coefficient (Wildman–Crippen LogP) is 2.36. The maximum atomic E-state index is 4.10. The number of hydrogen-bond acceptors (Lipinski definition) is 1. The Balaban J connectivity index is 2.26. The lowest BCUT2D eigenvalue weighted by atomic mass is 10.2. The minimum absolute atomic E-state index is 0.912. The van der Waals surface area contributed by atoms with Gasteiger partial charge in [0.25, 0.3) is 0 Å². The molecule has 0 aliphatic rings. The van der Waals surface area contributed by atoms with Crippen LogP contribution in [-0.4, -0.2) is 9.55 Å². The van der Waals surface area contributed by atoms with Gasteiger partial charge in [-0.05, 0) is 31.9 Å². The van der Waals surface area contributed by atoms with Crippen LogP contribution in [0, 0.1) is 25.8 Å². The van der Waals surface area contributed by atoms with E-state index in [9.17, 15) is 0 Å².